The van der Waals surface area contributed by atoms with Crippen molar-refractivity contribution in [1.82, 2.24) is 14.9 Å². The zero-order valence-corrected chi connectivity index (χ0v) is 10.7. The third-order valence-corrected chi connectivity index (χ3v) is 2.49. The summed E-state index contributed by atoms with van der Waals surface area (Å²) in [5.41, 5.74) is -0.0617. The van der Waals surface area contributed by atoms with E-state index in [1.165, 1.54) is 0 Å². The van der Waals surface area contributed by atoms with Gasteiger partial charge in [0.05, 0.1) is 0 Å². The Labute approximate surface area is 101 Å². The fourth-order valence-corrected chi connectivity index (χ4v) is 1.55. The molecule has 0 fully saturated rings. The normalized spacial score (nSPS) is 11.1. The number of nitrogens with one attached hydrogen (secondary N) is 2. The predicted molar refractivity (Wildman–Crippen MR) is 68.4 cm³/mol. The van der Waals surface area contributed by atoms with Crippen LogP contribution in [0.3, 0.4) is 0 Å². The van der Waals surface area contributed by atoms with Crippen molar-refractivity contribution in [2.45, 2.75) is 33.7 Å². The molecular weight excluding hydrogens is 218 g/mol. The maximum Gasteiger partial charge on any atom is 0.328 e. The van der Waals surface area contributed by atoms with Crippen LogP contribution in [0.25, 0.3) is 0 Å². The van der Waals surface area contributed by atoms with Crippen molar-refractivity contribution in [3.63, 3.8) is 0 Å². The van der Waals surface area contributed by atoms with E-state index in [1.807, 2.05) is 0 Å². The number of hydrogen-bond acceptors (Lipinski definition) is 3. The summed E-state index contributed by atoms with van der Waals surface area (Å²) in [6, 6.07) is 0. The number of aryl methyl sites for hydroxylation is 2. The molecular formula is C12H21N3O2. The first-order valence-electron chi connectivity index (χ1n) is 6.02. The van der Waals surface area contributed by atoms with Crippen LogP contribution in [-0.2, 0) is 6.54 Å². The van der Waals surface area contributed by atoms with E-state index in [9.17, 15) is 9.59 Å². The summed E-state index contributed by atoms with van der Waals surface area (Å²) in [6.07, 6.45) is 2.49. The molecule has 1 rings (SSSR count). The van der Waals surface area contributed by atoms with E-state index < -0.39 is 0 Å². The minimum Gasteiger partial charge on any atom is -0.316 e. The SMILES string of the molecule is Cc1cn(CCCNCC(C)C)c(=O)[nH]c1=O. The highest BCUT2D eigenvalue weighted by Crippen LogP contribution is 1.90. The highest BCUT2D eigenvalue weighted by molar-refractivity contribution is 5.00. The smallest absolute Gasteiger partial charge is 0.316 e. The fourth-order valence-electron chi connectivity index (χ4n) is 1.55. The van der Waals surface area contributed by atoms with Gasteiger partial charge in [-0.3, -0.25) is 9.78 Å². The van der Waals surface area contributed by atoms with E-state index in [4.69, 9.17) is 0 Å². The van der Waals surface area contributed by atoms with E-state index in [0.717, 1.165) is 19.5 Å². The van der Waals surface area contributed by atoms with Gasteiger partial charge in [-0.15, -0.1) is 0 Å². The minimum absolute atomic E-state index is 0.302. The van der Waals surface area contributed by atoms with Gasteiger partial charge in [-0.25, -0.2) is 4.79 Å². The summed E-state index contributed by atoms with van der Waals surface area (Å²) in [6.45, 7) is 8.50. The van der Waals surface area contributed by atoms with Crippen molar-refractivity contribution in [1.29, 1.82) is 0 Å². The molecule has 0 aliphatic rings. The monoisotopic (exact) mass is 239 g/mol. The number of hydrogen-bond donors (Lipinski definition) is 2. The van der Waals surface area contributed by atoms with Gasteiger partial charge < -0.3 is 9.88 Å². The summed E-state index contributed by atoms with van der Waals surface area (Å²) in [7, 11) is 0. The van der Waals surface area contributed by atoms with E-state index in [2.05, 4.69) is 24.1 Å². The molecule has 1 heterocycles. The number of nitrogens with zero attached hydrogens (tertiary/aromatic N) is 1. The van der Waals surface area contributed by atoms with Gasteiger partial charge in [-0.05, 0) is 32.4 Å². The van der Waals surface area contributed by atoms with Crippen molar-refractivity contribution < 1.29 is 0 Å². The third-order valence-electron chi connectivity index (χ3n) is 2.49. The lowest BCUT2D eigenvalue weighted by molar-refractivity contribution is 0.514. The number of rotatable bonds is 6. The Morgan fingerprint density at radius 1 is 1.41 bits per heavy atom. The molecule has 0 amide bonds. The summed E-state index contributed by atoms with van der Waals surface area (Å²) >= 11 is 0. The Morgan fingerprint density at radius 2 is 2.12 bits per heavy atom. The van der Waals surface area contributed by atoms with Crippen molar-refractivity contribution in [2.24, 2.45) is 5.92 Å². The van der Waals surface area contributed by atoms with Crippen molar-refractivity contribution >= 4 is 0 Å². The number of aromatic amines is 1. The van der Waals surface area contributed by atoms with Gasteiger partial charge in [-0.2, -0.15) is 0 Å². The molecule has 1 aromatic rings. The Kier molecular flexibility index (Phi) is 5.15. The van der Waals surface area contributed by atoms with Crippen molar-refractivity contribution in [3.05, 3.63) is 32.6 Å². The second-order valence-corrected chi connectivity index (χ2v) is 4.72. The maximum absolute atomic E-state index is 11.5. The average molecular weight is 239 g/mol. The predicted octanol–water partition coefficient (Wildman–Crippen LogP) is 0.481. The Balaban J connectivity index is 2.45. The first kappa shape index (κ1) is 13.7. The molecule has 0 aliphatic carbocycles. The van der Waals surface area contributed by atoms with Gasteiger partial charge in [-0.1, -0.05) is 13.8 Å². The van der Waals surface area contributed by atoms with Gasteiger partial charge in [0, 0.05) is 18.3 Å². The van der Waals surface area contributed by atoms with E-state index in [1.54, 1.807) is 17.7 Å². The van der Waals surface area contributed by atoms with E-state index in [-0.39, 0.29) is 11.2 Å². The van der Waals surface area contributed by atoms with Crippen LogP contribution < -0.4 is 16.6 Å². The molecule has 0 spiro atoms. The first-order chi connectivity index (χ1) is 8.00. The Bertz CT molecular complexity index is 460. The summed E-state index contributed by atoms with van der Waals surface area (Å²) in [5, 5.41) is 3.31. The van der Waals surface area contributed by atoms with Gasteiger partial charge in [0.2, 0.25) is 0 Å². The van der Waals surface area contributed by atoms with Crippen LogP contribution in [0.2, 0.25) is 0 Å². The Hall–Kier alpha value is -1.36. The first-order valence-corrected chi connectivity index (χ1v) is 6.02. The standard InChI is InChI=1S/C12H21N3O2/c1-9(2)7-13-5-4-6-15-8-10(3)11(16)14-12(15)17/h8-9,13H,4-7H2,1-3H3,(H,14,16,17). The van der Waals surface area contributed by atoms with E-state index in [0.29, 0.717) is 18.0 Å². The summed E-state index contributed by atoms with van der Waals surface area (Å²) in [4.78, 5) is 24.9. The van der Waals surface area contributed by atoms with Gasteiger partial charge in [0.25, 0.3) is 5.56 Å². The summed E-state index contributed by atoms with van der Waals surface area (Å²) < 4.78 is 1.55. The summed E-state index contributed by atoms with van der Waals surface area (Å²) in [5.74, 6) is 0.632. The average Bonchev–Trinajstić information content (AvgIpc) is 2.24. The molecule has 0 bridgehead atoms. The molecule has 0 aliphatic heterocycles. The van der Waals surface area contributed by atoms with E-state index >= 15 is 0 Å². The topological polar surface area (TPSA) is 66.9 Å². The lowest BCUT2D eigenvalue weighted by atomic mass is 10.2. The maximum atomic E-state index is 11.5. The molecule has 17 heavy (non-hydrogen) atoms. The second-order valence-electron chi connectivity index (χ2n) is 4.72. The largest absolute Gasteiger partial charge is 0.328 e. The van der Waals surface area contributed by atoms with Crippen LogP contribution in [-0.4, -0.2) is 22.6 Å². The van der Waals surface area contributed by atoms with Gasteiger partial charge in [0.15, 0.2) is 0 Å². The Morgan fingerprint density at radius 3 is 2.76 bits per heavy atom. The number of aromatic nitrogens is 2. The highest BCUT2D eigenvalue weighted by Gasteiger charge is 2.00. The molecule has 0 saturated heterocycles. The quantitative estimate of drug-likeness (QED) is 0.710. The van der Waals surface area contributed by atoms with Crippen molar-refractivity contribution in [3.8, 4) is 0 Å². The fraction of sp³-hybridized carbons (Fsp3) is 0.667. The number of H-pyrrole nitrogens is 1. The molecule has 5 nitrogen and oxygen atoms in total. The van der Waals surface area contributed by atoms with Gasteiger partial charge in [0.1, 0.15) is 0 Å². The molecule has 0 saturated carbocycles. The highest BCUT2D eigenvalue weighted by atomic mass is 16.2. The molecule has 0 radical (unpaired) electrons. The zero-order chi connectivity index (χ0) is 12.8. The molecule has 0 aromatic carbocycles. The van der Waals surface area contributed by atoms with Crippen LogP contribution in [0.15, 0.2) is 15.8 Å². The second kappa shape index (κ2) is 6.39. The minimum atomic E-state index is -0.329. The van der Waals surface area contributed by atoms with Crippen LogP contribution in [0, 0.1) is 12.8 Å². The van der Waals surface area contributed by atoms with Crippen molar-refractivity contribution in [2.75, 3.05) is 13.1 Å². The lowest BCUT2D eigenvalue weighted by Gasteiger charge is -2.08. The van der Waals surface area contributed by atoms with Crippen LogP contribution in [0.5, 0.6) is 0 Å². The van der Waals surface area contributed by atoms with Crippen LogP contribution in [0.4, 0.5) is 0 Å². The third kappa shape index (κ3) is 4.56. The molecule has 1 aromatic heterocycles. The lowest BCUT2D eigenvalue weighted by Crippen LogP contribution is -2.31. The van der Waals surface area contributed by atoms with Crippen LogP contribution >= 0.6 is 0 Å². The molecule has 0 unspecified atom stereocenters. The molecule has 2 N–H and O–H groups in total. The molecule has 96 valence electrons. The van der Waals surface area contributed by atoms with Gasteiger partial charge >= 0.3 is 5.69 Å². The van der Waals surface area contributed by atoms with Crippen LogP contribution in [0.1, 0.15) is 25.8 Å². The zero-order valence-electron chi connectivity index (χ0n) is 10.7. The molecule has 0 atom stereocenters. The molecule has 5 heteroatoms.